The lowest BCUT2D eigenvalue weighted by Crippen LogP contribution is -2.46. The van der Waals surface area contributed by atoms with Gasteiger partial charge < -0.3 is 10.1 Å². The predicted octanol–water partition coefficient (Wildman–Crippen LogP) is 3.15. The van der Waals surface area contributed by atoms with Crippen molar-refractivity contribution in [2.75, 3.05) is 0 Å². The Morgan fingerprint density at radius 2 is 1.67 bits per heavy atom. The number of rotatable bonds is 4. The molecule has 7 nitrogen and oxygen atoms in total. The number of H-pyrrole nitrogens is 1. The number of aliphatic carboxylic acids is 1. The largest absolute Gasteiger partial charge is 0.480 e. The molecule has 0 aliphatic carbocycles. The van der Waals surface area contributed by atoms with Gasteiger partial charge in [-0.15, -0.1) is 0 Å². The fourth-order valence-corrected chi connectivity index (χ4v) is 3.83. The molecule has 5 rings (SSSR count). The Morgan fingerprint density at radius 3 is 2.27 bits per heavy atom. The van der Waals surface area contributed by atoms with Gasteiger partial charge in [-0.3, -0.25) is 14.5 Å². The number of aromatic nitrogens is 2. The maximum absolute atomic E-state index is 13.4. The van der Waals surface area contributed by atoms with E-state index in [0.717, 1.165) is 15.7 Å². The van der Waals surface area contributed by atoms with Crippen LogP contribution in [0.3, 0.4) is 0 Å². The van der Waals surface area contributed by atoms with E-state index in [2.05, 4.69) is 9.97 Å². The van der Waals surface area contributed by atoms with E-state index in [9.17, 15) is 23.9 Å². The van der Waals surface area contributed by atoms with Gasteiger partial charge in [0, 0.05) is 6.42 Å². The summed E-state index contributed by atoms with van der Waals surface area (Å²) in [7, 11) is 0. The number of aromatic amines is 1. The summed E-state index contributed by atoms with van der Waals surface area (Å²) in [6, 6.07) is 13.0. The van der Waals surface area contributed by atoms with E-state index >= 15 is 0 Å². The van der Waals surface area contributed by atoms with Crippen LogP contribution in [0.1, 0.15) is 26.5 Å². The SMILES string of the molecule is O=C(O)C(Cc1nc2ccc(F)cc2[nH]1)N1C(=O)c2cc3ccccc3cc2C1=O. The third-order valence-electron chi connectivity index (χ3n) is 5.26. The first-order valence-corrected chi connectivity index (χ1v) is 9.20. The molecule has 1 aromatic heterocycles. The highest BCUT2D eigenvalue weighted by atomic mass is 19.1. The number of halogens is 1. The first-order chi connectivity index (χ1) is 14.4. The number of fused-ring (bicyclic) bond motifs is 3. The average molecular weight is 403 g/mol. The van der Waals surface area contributed by atoms with Crippen LogP contribution in [-0.2, 0) is 11.2 Å². The van der Waals surface area contributed by atoms with E-state index in [0.29, 0.717) is 11.0 Å². The average Bonchev–Trinajstić information content (AvgIpc) is 3.22. The predicted molar refractivity (Wildman–Crippen MR) is 106 cm³/mol. The van der Waals surface area contributed by atoms with Gasteiger partial charge in [-0.25, -0.2) is 14.2 Å². The van der Waals surface area contributed by atoms with Crippen molar-refractivity contribution in [3.63, 3.8) is 0 Å². The van der Waals surface area contributed by atoms with Crippen LogP contribution in [0.25, 0.3) is 21.8 Å². The number of hydrogen-bond donors (Lipinski definition) is 2. The second kappa shape index (κ2) is 6.48. The number of carbonyl (C=O) groups is 3. The lowest BCUT2D eigenvalue weighted by molar-refractivity contribution is -0.141. The fraction of sp³-hybridized carbons (Fsp3) is 0.0909. The lowest BCUT2D eigenvalue weighted by Gasteiger charge is -2.21. The second-order valence-corrected chi connectivity index (χ2v) is 7.13. The van der Waals surface area contributed by atoms with Crippen LogP contribution < -0.4 is 0 Å². The number of nitrogens with zero attached hydrogens (tertiary/aromatic N) is 2. The standard InChI is InChI=1S/C22H14FN3O4/c23-13-5-6-16-17(9-13)25-19(24-16)10-18(22(29)30)26-20(27)14-7-11-3-1-2-4-12(11)8-15(14)21(26)28/h1-9,18H,10H2,(H,24,25)(H,29,30). The van der Waals surface area contributed by atoms with Crippen LogP contribution in [0.2, 0.25) is 0 Å². The van der Waals surface area contributed by atoms with Crippen molar-refractivity contribution in [3.05, 3.63) is 77.4 Å². The molecular weight excluding hydrogens is 389 g/mol. The molecule has 3 aromatic carbocycles. The molecule has 0 saturated carbocycles. The summed E-state index contributed by atoms with van der Waals surface area (Å²) in [6.45, 7) is 0. The number of carbonyl (C=O) groups excluding carboxylic acids is 2. The zero-order valence-electron chi connectivity index (χ0n) is 15.4. The lowest BCUT2D eigenvalue weighted by atomic mass is 10.0. The Labute approximate surface area is 168 Å². The highest BCUT2D eigenvalue weighted by molar-refractivity contribution is 6.24. The van der Waals surface area contributed by atoms with Gasteiger partial charge in [0.05, 0.1) is 22.2 Å². The zero-order chi connectivity index (χ0) is 21.0. The molecule has 1 atom stereocenters. The smallest absolute Gasteiger partial charge is 0.327 e. The first-order valence-electron chi connectivity index (χ1n) is 9.20. The Bertz CT molecular complexity index is 1320. The number of amides is 2. The Kier molecular flexibility index (Phi) is 3.89. The summed E-state index contributed by atoms with van der Waals surface area (Å²) in [5, 5.41) is 11.3. The summed E-state index contributed by atoms with van der Waals surface area (Å²) < 4.78 is 13.4. The molecule has 2 heterocycles. The van der Waals surface area contributed by atoms with Crippen LogP contribution in [0.15, 0.2) is 54.6 Å². The third kappa shape index (κ3) is 2.73. The third-order valence-corrected chi connectivity index (χ3v) is 5.26. The van der Waals surface area contributed by atoms with Crippen LogP contribution >= 0.6 is 0 Å². The molecule has 2 amide bonds. The van der Waals surface area contributed by atoms with E-state index in [-0.39, 0.29) is 23.4 Å². The van der Waals surface area contributed by atoms with Crippen LogP contribution in [0.5, 0.6) is 0 Å². The number of carboxylic acids is 1. The Hall–Kier alpha value is -4.07. The highest BCUT2D eigenvalue weighted by Gasteiger charge is 2.43. The number of nitrogens with one attached hydrogen (secondary N) is 1. The maximum atomic E-state index is 13.4. The quantitative estimate of drug-likeness (QED) is 0.510. The zero-order valence-corrected chi connectivity index (χ0v) is 15.4. The van der Waals surface area contributed by atoms with E-state index in [1.165, 1.54) is 18.2 Å². The second-order valence-electron chi connectivity index (χ2n) is 7.13. The number of hydrogen-bond acceptors (Lipinski definition) is 4. The van der Waals surface area contributed by atoms with Crippen molar-refractivity contribution in [2.24, 2.45) is 0 Å². The van der Waals surface area contributed by atoms with Gasteiger partial charge in [0.2, 0.25) is 0 Å². The normalized spacial score (nSPS) is 14.5. The van der Waals surface area contributed by atoms with E-state index in [4.69, 9.17) is 0 Å². The molecule has 1 aliphatic heterocycles. The van der Waals surface area contributed by atoms with Gasteiger partial charge in [-0.05, 0) is 41.1 Å². The van der Waals surface area contributed by atoms with E-state index in [1.54, 1.807) is 12.1 Å². The molecule has 8 heteroatoms. The molecular formula is C22H14FN3O4. The van der Waals surface area contributed by atoms with Crippen molar-refractivity contribution >= 4 is 39.6 Å². The van der Waals surface area contributed by atoms with Gasteiger partial charge in [0.15, 0.2) is 0 Å². The van der Waals surface area contributed by atoms with Crippen LogP contribution in [-0.4, -0.2) is 43.8 Å². The van der Waals surface area contributed by atoms with Crippen molar-refractivity contribution in [1.29, 1.82) is 0 Å². The van der Waals surface area contributed by atoms with E-state index in [1.807, 2.05) is 24.3 Å². The van der Waals surface area contributed by atoms with Crippen molar-refractivity contribution < 1.29 is 23.9 Å². The van der Waals surface area contributed by atoms with E-state index < -0.39 is 29.6 Å². The maximum Gasteiger partial charge on any atom is 0.327 e. The number of imide groups is 1. The van der Waals surface area contributed by atoms with Gasteiger partial charge in [-0.2, -0.15) is 0 Å². The summed E-state index contributed by atoms with van der Waals surface area (Å²) in [6.07, 6.45) is -0.226. The number of benzene rings is 3. The Morgan fingerprint density at radius 1 is 1.03 bits per heavy atom. The van der Waals surface area contributed by atoms with Gasteiger partial charge in [0.1, 0.15) is 17.7 Å². The minimum atomic E-state index is -1.45. The molecule has 148 valence electrons. The summed E-state index contributed by atoms with van der Waals surface area (Å²) in [5.74, 6) is -2.86. The number of carboxylic acid groups (broad SMARTS) is 1. The molecule has 30 heavy (non-hydrogen) atoms. The summed E-state index contributed by atoms with van der Waals surface area (Å²) >= 11 is 0. The summed E-state index contributed by atoms with van der Waals surface area (Å²) in [4.78, 5) is 45.8. The molecule has 0 saturated heterocycles. The molecule has 0 radical (unpaired) electrons. The van der Waals surface area contributed by atoms with Gasteiger partial charge in [0.25, 0.3) is 11.8 Å². The monoisotopic (exact) mass is 403 g/mol. The molecule has 1 aliphatic rings. The molecule has 0 fully saturated rings. The first kappa shape index (κ1) is 18.0. The summed E-state index contributed by atoms with van der Waals surface area (Å²) in [5.41, 5.74) is 1.22. The van der Waals surface area contributed by atoms with Crippen molar-refractivity contribution in [1.82, 2.24) is 14.9 Å². The van der Waals surface area contributed by atoms with Crippen molar-refractivity contribution in [2.45, 2.75) is 12.5 Å². The minimum Gasteiger partial charge on any atom is -0.480 e. The van der Waals surface area contributed by atoms with Crippen molar-refractivity contribution in [3.8, 4) is 0 Å². The highest BCUT2D eigenvalue weighted by Crippen LogP contribution is 2.30. The Balaban J connectivity index is 1.53. The molecule has 4 aromatic rings. The number of imidazole rings is 1. The fourth-order valence-electron chi connectivity index (χ4n) is 3.83. The topological polar surface area (TPSA) is 103 Å². The molecule has 0 bridgehead atoms. The van der Waals surface area contributed by atoms with Crippen LogP contribution in [0.4, 0.5) is 4.39 Å². The van der Waals surface area contributed by atoms with Gasteiger partial charge in [-0.1, -0.05) is 24.3 Å². The minimum absolute atomic E-state index is 0.177. The molecule has 0 spiro atoms. The molecule has 1 unspecified atom stereocenters. The van der Waals surface area contributed by atoms with Crippen LogP contribution in [0, 0.1) is 5.82 Å². The molecule has 2 N–H and O–H groups in total. The van der Waals surface area contributed by atoms with Gasteiger partial charge >= 0.3 is 5.97 Å².